The van der Waals surface area contributed by atoms with Gasteiger partial charge in [0.05, 0.1) is 18.9 Å². The van der Waals surface area contributed by atoms with Gasteiger partial charge in [0.15, 0.2) is 11.0 Å². The van der Waals surface area contributed by atoms with Crippen LogP contribution in [-0.2, 0) is 17.8 Å². The largest absolute Gasteiger partial charge is 0.494 e. The van der Waals surface area contributed by atoms with E-state index in [-0.39, 0.29) is 24.1 Å². The third-order valence-corrected chi connectivity index (χ3v) is 6.98. The molecule has 5 rings (SSSR count). The van der Waals surface area contributed by atoms with Gasteiger partial charge in [-0.25, -0.2) is 0 Å². The van der Waals surface area contributed by atoms with E-state index in [9.17, 15) is 9.59 Å². The molecule has 188 valence electrons. The van der Waals surface area contributed by atoms with Crippen molar-refractivity contribution in [3.8, 4) is 11.4 Å². The minimum Gasteiger partial charge on any atom is -0.494 e. The second-order valence-electron chi connectivity index (χ2n) is 8.42. The summed E-state index contributed by atoms with van der Waals surface area (Å²) in [6, 6.07) is 24.6. The highest BCUT2D eigenvalue weighted by Gasteiger charge is 2.25. The summed E-state index contributed by atoms with van der Waals surface area (Å²) in [7, 11) is 0. The number of hydrogen-bond donors (Lipinski definition) is 1. The maximum absolute atomic E-state index is 13.1. The van der Waals surface area contributed by atoms with Gasteiger partial charge in [-0.05, 0) is 61.4 Å². The van der Waals surface area contributed by atoms with Gasteiger partial charge in [-0.2, -0.15) is 0 Å². The molecule has 37 heavy (non-hydrogen) atoms. The van der Waals surface area contributed by atoms with Crippen LogP contribution in [0.25, 0.3) is 5.69 Å². The number of amides is 2. The van der Waals surface area contributed by atoms with Crippen LogP contribution in [0.5, 0.6) is 5.75 Å². The van der Waals surface area contributed by atoms with Gasteiger partial charge < -0.3 is 15.0 Å². The van der Waals surface area contributed by atoms with Crippen LogP contribution < -0.4 is 15.0 Å². The molecule has 1 aliphatic heterocycles. The van der Waals surface area contributed by atoms with Gasteiger partial charge in [0.1, 0.15) is 5.75 Å². The fourth-order valence-corrected chi connectivity index (χ4v) is 5.13. The number of carbonyl (C=O) groups excluding carboxylic acids is 2. The van der Waals surface area contributed by atoms with Gasteiger partial charge in [-0.3, -0.25) is 14.2 Å². The van der Waals surface area contributed by atoms with Crippen molar-refractivity contribution in [3.05, 3.63) is 95.8 Å². The van der Waals surface area contributed by atoms with Gasteiger partial charge in [-0.15, -0.1) is 10.2 Å². The second-order valence-corrected chi connectivity index (χ2v) is 9.37. The van der Waals surface area contributed by atoms with Crippen LogP contribution in [0.1, 0.15) is 28.7 Å². The molecule has 1 aliphatic rings. The summed E-state index contributed by atoms with van der Waals surface area (Å²) in [6.07, 6.45) is 0.861. The van der Waals surface area contributed by atoms with Gasteiger partial charge in [0.2, 0.25) is 5.91 Å². The molecule has 0 bridgehead atoms. The first-order valence-electron chi connectivity index (χ1n) is 12.2. The zero-order chi connectivity index (χ0) is 25.6. The van der Waals surface area contributed by atoms with Gasteiger partial charge in [0, 0.05) is 23.5 Å². The number of nitrogens with one attached hydrogen (secondary N) is 1. The number of ether oxygens (including phenoxy) is 1. The van der Waals surface area contributed by atoms with E-state index >= 15 is 0 Å². The Kier molecular flexibility index (Phi) is 7.51. The number of benzene rings is 3. The molecular formula is C28H27N5O3S. The summed E-state index contributed by atoms with van der Waals surface area (Å²) in [4.78, 5) is 27.5. The number of thioether (sulfide) groups is 1. The normalized spacial score (nSPS) is 12.3. The molecule has 0 unspecified atom stereocenters. The zero-order valence-electron chi connectivity index (χ0n) is 20.5. The lowest BCUT2D eigenvalue weighted by Gasteiger charge is -2.17. The van der Waals surface area contributed by atoms with E-state index < -0.39 is 0 Å². The first-order valence-corrected chi connectivity index (χ1v) is 13.1. The molecule has 3 aromatic carbocycles. The van der Waals surface area contributed by atoms with Crippen LogP contribution in [0.15, 0.2) is 84.0 Å². The highest BCUT2D eigenvalue weighted by molar-refractivity contribution is 7.99. The van der Waals surface area contributed by atoms with E-state index in [0.29, 0.717) is 29.7 Å². The van der Waals surface area contributed by atoms with Crippen LogP contribution in [0.3, 0.4) is 0 Å². The lowest BCUT2D eigenvalue weighted by Crippen LogP contribution is -2.30. The van der Waals surface area contributed by atoms with Gasteiger partial charge >= 0.3 is 0 Å². The Morgan fingerprint density at radius 2 is 1.73 bits per heavy atom. The minimum absolute atomic E-state index is 0.0233. The summed E-state index contributed by atoms with van der Waals surface area (Å²) < 4.78 is 7.45. The second kappa shape index (κ2) is 11.3. The number of hydrogen-bond acceptors (Lipinski definition) is 6. The molecule has 0 atom stereocenters. The van der Waals surface area contributed by atoms with E-state index in [1.807, 2.05) is 77.1 Å². The van der Waals surface area contributed by atoms with Crippen molar-refractivity contribution >= 4 is 29.3 Å². The number of aromatic nitrogens is 3. The average molecular weight is 514 g/mol. The predicted octanol–water partition coefficient (Wildman–Crippen LogP) is 4.28. The standard InChI is InChI=1S/C28H27N5O3S/c1-2-36-23-14-12-22(13-15-23)33-25(18-29-27(35)21-9-4-3-5-10-21)30-31-28(33)37-19-26(34)32-17-16-20-8-6-7-11-24(20)32/h3-15H,2,16-19H2,1H3,(H,29,35). The summed E-state index contributed by atoms with van der Waals surface area (Å²) in [5, 5.41) is 12.2. The molecule has 4 aromatic rings. The van der Waals surface area contributed by atoms with E-state index in [4.69, 9.17) is 4.74 Å². The lowest BCUT2D eigenvalue weighted by molar-refractivity contribution is -0.116. The molecule has 0 fully saturated rings. The monoisotopic (exact) mass is 513 g/mol. The highest BCUT2D eigenvalue weighted by atomic mass is 32.2. The maximum Gasteiger partial charge on any atom is 0.251 e. The molecular weight excluding hydrogens is 486 g/mol. The molecule has 0 saturated heterocycles. The van der Waals surface area contributed by atoms with Gasteiger partial charge in [0.25, 0.3) is 5.91 Å². The summed E-state index contributed by atoms with van der Waals surface area (Å²) >= 11 is 1.33. The fraction of sp³-hybridized carbons (Fsp3) is 0.214. The Hall–Kier alpha value is -4.11. The predicted molar refractivity (Wildman–Crippen MR) is 143 cm³/mol. The van der Waals surface area contributed by atoms with Crippen LogP contribution in [-0.4, -0.2) is 45.5 Å². The number of anilines is 1. The van der Waals surface area contributed by atoms with Crippen LogP contribution in [0.2, 0.25) is 0 Å². The summed E-state index contributed by atoms with van der Waals surface area (Å²) in [5.41, 5.74) is 3.56. The highest BCUT2D eigenvalue weighted by Crippen LogP contribution is 2.29. The first-order chi connectivity index (χ1) is 18.1. The van der Waals surface area contributed by atoms with Crippen molar-refractivity contribution < 1.29 is 14.3 Å². The molecule has 0 aliphatic carbocycles. The number of nitrogens with zero attached hydrogens (tertiary/aromatic N) is 4. The molecule has 0 radical (unpaired) electrons. The van der Waals surface area contributed by atoms with Crippen LogP contribution in [0, 0.1) is 0 Å². The topological polar surface area (TPSA) is 89.3 Å². The van der Waals surface area contributed by atoms with Crippen molar-refractivity contribution in [1.82, 2.24) is 20.1 Å². The summed E-state index contributed by atoms with van der Waals surface area (Å²) in [6.45, 7) is 3.38. The molecule has 0 spiro atoms. The maximum atomic E-state index is 13.1. The number of fused-ring (bicyclic) bond motifs is 1. The SMILES string of the molecule is CCOc1ccc(-n2c(CNC(=O)c3ccccc3)nnc2SCC(=O)N2CCc3ccccc32)cc1. The third kappa shape index (κ3) is 5.51. The Bertz CT molecular complexity index is 1390. The number of rotatable bonds is 9. The van der Waals surface area contributed by atoms with E-state index in [0.717, 1.165) is 23.5 Å². The quantitative estimate of drug-likeness (QED) is 0.336. The van der Waals surface area contributed by atoms with Crippen molar-refractivity contribution in [3.63, 3.8) is 0 Å². The Morgan fingerprint density at radius 1 is 0.973 bits per heavy atom. The van der Waals surface area contributed by atoms with Gasteiger partial charge in [-0.1, -0.05) is 48.2 Å². The van der Waals surface area contributed by atoms with Crippen LogP contribution in [0.4, 0.5) is 5.69 Å². The first kappa shape index (κ1) is 24.6. The molecule has 2 amide bonds. The molecule has 9 heteroatoms. The fourth-order valence-electron chi connectivity index (χ4n) is 4.28. The Morgan fingerprint density at radius 3 is 2.51 bits per heavy atom. The number of carbonyl (C=O) groups is 2. The third-order valence-electron chi connectivity index (χ3n) is 6.06. The van der Waals surface area contributed by atoms with E-state index in [1.165, 1.54) is 17.3 Å². The molecule has 2 heterocycles. The average Bonchev–Trinajstić information content (AvgIpc) is 3.56. The van der Waals surface area contributed by atoms with Crippen molar-refractivity contribution in [1.29, 1.82) is 0 Å². The Balaban J connectivity index is 1.35. The van der Waals surface area contributed by atoms with Crippen LogP contribution >= 0.6 is 11.8 Å². The van der Waals surface area contributed by atoms with Crippen molar-refractivity contribution in [2.75, 3.05) is 23.8 Å². The minimum atomic E-state index is -0.195. The van der Waals surface area contributed by atoms with Crippen molar-refractivity contribution in [2.45, 2.75) is 25.0 Å². The molecule has 1 N–H and O–H groups in total. The smallest absolute Gasteiger partial charge is 0.251 e. The molecule has 8 nitrogen and oxygen atoms in total. The number of para-hydroxylation sites is 1. The zero-order valence-corrected chi connectivity index (χ0v) is 21.3. The van der Waals surface area contributed by atoms with E-state index in [1.54, 1.807) is 12.1 Å². The van der Waals surface area contributed by atoms with Crippen molar-refractivity contribution in [2.24, 2.45) is 0 Å². The Labute approximate surface area is 219 Å². The summed E-state index contributed by atoms with van der Waals surface area (Å²) in [5.74, 6) is 1.37. The lowest BCUT2D eigenvalue weighted by atomic mass is 10.2. The van der Waals surface area contributed by atoms with E-state index in [2.05, 4.69) is 21.6 Å². The molecule has 0 saturated carbocycles. The molecule has 1 aromatic heterocycles.